The van der Waals surface area contributed by atoms with Crippen LogP contribution in [0.1, 0.15) is 34.1 Å². The van der Waals surface area contributed by atoms with E-state index in [0.717, 1.165) is 6.54 Å². The molecular formula is C9H19NO. The van der Waals surface area contributed by atoms with Gasteiger partial charge in [0, 0.05) is 13.0 Å². The SMILES string of the molecule is CCC(=O)NCC(C)C(C)C. The summed E-state index contributed by atoms with van der Waals surface area (Å²) in [5.41, 5.74) is 0. The third-order valence-electron chi connectivity index (χ3n) is 2.08. The largest absolute Gasteiger partial charge is 0.356 e. The standard InChI is InChI=1S/C9H19NO/c1-5-9(11)10-6-8(4)7(2)3/h7-8H,5-6H2,1-4H3,(H,10,11). The zero-order valence-corrected chi connectivity index (χ0v) is 7.98. The number of hydrogen-bond acceptors (Lipinski definition) is 1. The second kappa shape index (κ2) is 5.16. The molecule has 0 aliphatic rings. The zero-order valence-electron chi connectivity index (χ0n) is 7.98. The highest BCUT2D eigenvalue weighted by Gasteiger charge is 2.07. The Bertz CT molecular complexity index is 121. The summed E-state index contributed by atoms with van der Waals surface area (Å²) in [6.07, 6.45) is 0.588. The van der Waals surface area contributed by atoms with Crippen LogP contribution in [-0.4, -0.2) is 12.5 Å². The minimum absolute atomic E-state index is 0.150. The molecule has 2 heteroatoms. The molecule has 0 saturated carbocycles. The Balaban J connectivity index is 3.45. The van der Waals surface area contributed by atoms with Crippen LogP contribution in [0.25, 0.3) is 0 Å². The summed E-state index contributed by atoms with van der Waals surface area (Å²) in [5, 5.41) is 2.87. The maximum Gasteiger partial charge on any atom is 0.219 e. The molecule has 1 N–H and O–H groups in total. The first-order valence-corrected chi connectivity index (χ1v) is 4.34. The number of amides is 1. The van der Waals surface area contributed by atoms with Crippen LogP contribution in [0.2, 0.25) is 0 Å². The maximum absolute atomic E-state index is 10.8. The molecule has 0 fully saturated rings. The van der Waals surface area contributed by atoms with E-state index in [9.17, 15) is 4.79 Å². The molecule has 2 nitrogen and oxygen atoms in total. The van der Waals surface area contributed by atoms with Crippen molar-refractivity contribution >= 4 is 5.91 Å². The van der Waals surface area contributed by atoms with E-state index < -0.39 is 0 Å². The van der Waals surface area contributed by atoms with Crippen molar-refractivity contribution in [1.29, 1.82) is 0 Å². The number of rotatable bonds is 4. The van der Waals surface area contributed by atoms with Crippen molar-refractivity contribution in [2.24, 2.45) is 11.8 Å². The van der Waals surface area contributed by atoms with Crippen LogP contribution in [0.4, 0.5) is 0 Å². The minimum atomic E-state index is 0.150. The van der Waals surface area contributed by atoms with E-state index in [1.807, 2.05) is 6.92 Å². The van der Waals surface area contributed by atoms with Gasteiger partial charge in [-0.3, -0.25) is 4.79 Å². The molecule has 0 aromatic rings. The van der Waals surface area contributed by atoms with Crippen molar-refractivity contribution in [3.8, 4) is 0 Å². The normalized spacial score (nSPS) is 13.2. The van der Waals surface area contributed by atoms with E-state index in [1.165, 1.54) is 0 Å². The van der Waals surface area contributed by atoms with E-state index in [0.29, 0.717) is 18.3 Å². The van der Waals surface area contributed by atoms with Crippen LogP contribution in [0, 0.1) is 11.8 Å². The van der Waals surface area contributed by atoms with Gasteiger partial charge >= 0.3 is 0 Å². The van der Waals surface area contributed by atoms with Crippen LogP contribution < -0.4 is 5.32 Å². The van der Waals surface area contributed by atoms with Gasteiger partial charge in [0.05, 0.1) is 0 Å². The molecule has 66 valence electrons. The Morgan fingerprint density at radius 3 is 2.27 bits per heavy atom. The number of carbonyl (C=O) groups excluding carboxylic acids is 1. The first-order chi connectivity index (χ1) is 5.07. The van der Waals surface area contributed by atoms with Crippen molar-refractivity contribution in [2.45, 2.75) is 34.1 Å². The van der Waals surface area contributed by atoms with Crippen LogP contribution in [0.3, 0.4) is 0 Å². The summed E-state index contributed by atoms with van der Waals surface area (Å²) < 4.78 is 0. The fourth-order valence-corrected chi connectivity index (χ4v) is 0.636. The van der Waals surface area contributed by atoms with Gasteiger partial charge in [0.15, 0.2) is 0 Å². The Kier molecular flexibility index (Phi) is 4.92. The molecule has 1 unspecified atom stereocenters. The average molecular weight is 157 g/mol. The van der Waals surface area contributed by atoms with Crippen molar-refractivity contribution in [2.75, 3.05) is 6.54 Å². The van der Waals surface area contributed by atoms with Gasteiger partial charge in [-0.1, -0.05) is 27.7 Å². The summed E-state index contributed by atoms with van der Waals surface area (Å²) >= 11 is 0. The highest BCUT2D eigenvalue weighted by Crippen LogP contribution is 2.07. The molecule has 11 heavy (non-hydrogen) atoms. The summed E-state index contributed by atoms with van der Waals surface area (Å²) in [6, 6.07) is 0. The lowest BCUT2D eigenvalue weighted by Gasteiger charge is -2.15. The lowest BCUT2D eigenvalue weighted by atomic mass is 9.98. The molecule has 0 radical (unpaired) electrons. The van der Waals surface area contributed by atoms with Gasteiger partial charge in [0.25, 0.3) is 0 Å². The van der Waals surface area contributed by atoms with E-state index in [4.69, 9.17) is 0 Å². The topological polar surface area (TPSA) is 29.1 Å². The molecule has 1 amide bonds. The third kappa shape index (κ3) is 4.82. The molecule has 0 heterocycles. The molecule has 0 saturated heterocycles. The van der Waals surface area contributed by atoms with E-state index in [2.05, 4.69) is 26.1 Å². The molecular weight excluding hydrogens is 138 g/mol. The van der Waals surface area contributed by atoms with Crippen LogP contribution in [-0.2, 0) is 4.79 Å². The molecule has 0 aliphatic carbocycles. The van der Waals surface area contributed by atoms with Crippen LogP contribution >= 0.6 is 0 Å². The number of nitrogens with one attached hydrogen (secondary N) is 1. The second-order valence-corrected chi connectivity index (χ2v) is 3.38. The van der Waals surface area contributed by atoms with Gasteiger partial charge in [-0.2, -0.15) is 0 Å². The summed E-state index contributed by atoms with van der Waals surface area (Å²) in [4.78, 5) is 10.8. The molecule has 0 bridgehead atoms. The summed E-state index contributed by atoms with van der Waals surface area (Å²) in [6.45, 7) is 9.17. The quantitative estimate of drug-likeness (QED) is 0.662. The smallest absolute Gasteiger partial charge is 0.219 e. The lowest BCUT2D eigenvalue weighted by molar-refractivity contribution is -0.120. The molecule has 0 rings (SSSR count). The predicted molar refractivity (Wildman–Crippen MR) is 47.3 cm³/mol. The highest BCUT2D eigenvalue weighted by atomic mass is 16.1. The average Bonchev–Trinajstić information content (AvgIpc) is 1.99. The molecule has 0 aliphatic heterocycles. The van der Waals surface area contributed by atoms with Crippen LogP contribution in [0.15, 0.2) is 0 Å². The molecule has 0 aromatic heterocycles. The molecule has 1 atom stereocenters. The summed E-state index contributed by atoms with van der Waals surface area (Å²) in [7, 11) is 0. The molecule has 0 spiro atoms. The summed E-state index contributed by atoms with van der Waals surface area (Å²) in [5.74, 6) is 1.37. The highest BCUT2D eigenvalue weighted by molar-refractivity contribution is 5.75. The van der Waals surface area contributed by atoms with E-state index >= 15 is 0 Å². The number of hydrogen-bond donors (Lipinski definition) is 1. The Morgan fingerprint density at radius 1 is 1.36 bits per heavy atom. The first kappa shape index (κ1) is 10.5. The van der Waals surface area contributed by atoms with Gasteiger partial charge in [-0.25, -0.2) is 0 Å². The van der Waals surface area contributed by atoms with Crippen molar-refractivity contribution in [1.82, 2.24) is 5.32 Å². The van der Waals surface area contributed by atoms with Gasteiger partial charge in [-0.15, -0.1) is 0 Å². The Hall–Kier alpha value is -0.530. The van der Waals surface area contributed by atoms with E-state index in [1.54, 1.807) is 0 Å². The van der Waals surface area contributed by atoms with Crippen molar-refractivity contribution < 1.29 is 4.79 Å². The van der Waals surface area contributed by atoms with Crippen molar-refractivity contribution in [3.05, 3.63) is 0 Å². The second-order valence-electron chi connectivity index (χ2n) is 3.38. The monoisotopic (exact) mass is 157 g/mol. The Morgan fingerprint density at radius 2 is 1.91 bits per heavy atom. The lowest BCUT2D eigenvalue weighted by Crippen LogP contribution is -2.29. The fourth-order valence-electron chi connectivity index (χ4n) is 0.636. The van der Waals surface area contributed by atoms with Gasteiger partial charge in [-0.05, 0) is 11.8 Å². The zero-order chi connectivity index (χ0) is 8.85. The van der Waals surface area contributed by atoms with E-state index in [-0.39, 0.29) is 5.91 Å². The van der Waals surface area contributed by atoms with Crippen molar-refractivity contribution in [3.63, 3.8) is 0 Å². The number of carbonyl (C=O) groups is 1. The third-order valence-corrected chi connectivity index (χ3v) is 2.08. The molecule has 0 aromatic carbocycles. The van der Waals surface area contributed by atoms with Gasteiger partial charge in [0.2, 0.25) is 5.91 Å². The van der Waals surface area contributed by atoms with Gasteiger partial charge < -0.3 is 5.32 Å². The first-order valence-electron chi connectivity index (χ1n) is 4.34. The van der Waals surface area contributed by atoms with Gasteiger partial charge in [0.1, 0.15) is 0 Å². The Labute approximate surface area is 69.4 Å². The predicted octanol–water partition coefficient (Wildman–Crippen LogP) is 1.80. The minimum Gasteiger partial charge on any atom is -0.356 e. The fraction of sp³-hybridized carbons (Fsp3) is 0.889. The van der Waals surface area contributed by atoms with Crippen LogP contribution in [0.5, 0.6) is 0 Å². The maximum atomic E-state index is 10.8.